The Hall–Kier alpha value is -4.98. The lowest BCUT2D eigenvalue weighted by Gasteiger charge is -2.13. The number of aromatic amines is 1. The number of carbonyl (C=O) groups is 2. The predicted octanol–water partition coefficient (Wildman–Crippen LogP) is 5.90. The van der Waals surface area contributed by atoms with Crippen molar-refractivity contribution in [2.24, 2.45) is 0 Å². The highest BCUT2D eigenvalue weighted by Gasteiger charge is 2.24. The lowest BCUT2D eigenvalue weighted by Crippen LogP contribution is -2.19. The summed E-state index contributed by atoms with van der Waals surface area (Å²) in [7, 11) is 1.57. The summed E-state index contributed by atoms with van der Waals surface area (Å²) in [6.07, 6.45) is 3.64. The molecule has 5 N–H and O–H groups in total. The molecule has 1 aromatic heterocycles. The smallest absolute Gasteiger partial charge is 0.323 e. The van der Waals surface area contributed by atoms with Crippen LogP contribution in [-0.4, -0.2) is 24.0 Å². The quantitative estimate of drug-likeness (QED) is 0.228. The molecule has 5 rings (SSSR count). The highest BCUT2D eigenvalue weighted by Crippen LogP contribution is 2.36. The number of fused-ring (bicyclic) bond motifs is 1. The molecule has 3 aromatic carbocycles. The molecule has 35 heavy (non-hydrogen) atoms. The van der Waals surface area contributed by atoms with Gasteiger partial charge in [-0.3, -0.25) is 4.79 Å². The summed E-state index contributed by atoms with van der Waals surface area (Å²) in [6.45, 7) is 0. The van der Waals surface area contributed by atoms with E-state index in [1.54, 1.807) is 19.2 Å². The van der Waals surface area contributed by atoms with Crippen molar-refractivity contribution in [2.45, 2.75) is 0 Å². The van der Waals surface area contributed by atoms with Gasteiger partial charge < -0.3 is 31.0 Å². The zero-order valence-corrected chi connectivity index (χ0v) is 18.9. The average molecular weight is 466 g/mol. The van der Waals surface area contributed by atoms with Crippen LogP contribution >= 0.6 is 0 Å². The molecule has 0 aliphatic carbocycles. The minimum Gasteiger partial charge on any atom is -0.497 e. The van der Waals surface area contributed by atoms with E-state index in [2.05, 4.69) is 26.3 Å². The number of H-pyrrole nitrogens is 1. The molecule has 0 atom stereocenters. The summed E-state index contributed by atoms with van der Waals surface area (Å²) in [5.41, 5.74) is 5.76. The van der Waals surface area contributed by atoms with Crippen molar-refractivity contribution in [3.8, 4) is 5.75 Å². The summed E-state index contributed by atoms with van der Waals surface area (Å²) >= 11 is 0. The van der Waals surface area contributed by atoms with Gasteiger partial charge in [0.2, 0.25) is 0 Å². The Bertz CT molecular complexity index is 1410. The lowest BCUT2D eigenvalue weighted by molar-refractivity contribution is -0.110. The van der Waals surface area contributed by atoms with E-state index in [1.165, 1.54) is 0 Å². The van der Waals surface area contributed by atoms with Crippen LogP contribution in [0, 0.1) is 0 Å². The average Bonchev–Trinajstić information content (AvgIpc) is 3.47. The Morgan fingerprint density at radius 2 is 1.66 bits per heavy atom. The van der Waals surface area contributed by atoms with Gasteiger partial charge in [0.25, 0.3) is 5.91 Å². The van der Waals surface area contributed by atoms with E-state index in [4.69, 9.17) is 4.74 Å². The fraction of sp³-hybridized carbons (Fsp3) is 0.0370. The van der Waals surface area contributed by atoms with Gasteiger partial charge >= 0.3 is 6.03 Å². The fourth-order valence-corrected chi connectivity index (χ4v) is 3.85. The molecular formula is C27H23N5O3. The van der Waals surface area contributed by atoms with Gasteiger partial charge in [-0.25, -0.2) is 4.79 Å². The van der Waals surface area contributed by atoms with Crippen molar-refractivity contribution in [3.63, 3.8) is 0 Å². The van der Waals surface area contributed by atoms with Gasteiger partial charge in [-0.2, -0.15) is 0 Å². The molecule has 1 aliphatic heterocycles. The Kier molecular flexibility index (Phi) is 5.92. The Morgan fingerprint density at radius 3 is 2.43 bits per heavy atom. The van der Waals surface area contributed by atoms with Gasteiger partial charge in [-0.1, -0.05) is 24.3 Å². The number of anilines is 5. The van der Waals surface area contributed by atoms with E-state index < -0.39 is 0 Å². The van der Waals surface area contributed by atoms with Gasteiger partial charge in [0.15, 0.2) is 0 Å². The number of amides is 3. The largest absolute Gasteiger partial charge is 0.497 e. The number of carbonyl (C=O) groups excluding carboxylic acids is 2. The molecule has 0 radical (unpaired) electrons. The topological polar surface area (TPSA) is 107 Å². The molecule has 0 fully saturated rings. The van der Waals surface area contributed by atoms with Crippen LogP contribution in [0.15, 0.2) is 85.1 Å². The standard InChI is InChI=1S/C27H23N5O3/c1-35-22-13-20(12-21(14-22)31-27(34)30-17-6-3-2-4-7-17)29-19-9-10-23-24(15-18-8-5-11-28-18)26(33)32-25(23)16-19/h2-16,28-29H,1H3,(H,32,33)(H2,30,31,34)/b24-15-. The molecule has 4 aromatic rings. The second-order valence-corrected chi connectivity index (χ2v) is 7.92. The molecule has 8 nitrogen and oxygen atoms in total. The van der Waals surface area contributed by atoms with Gasteiger partial charge in [0.05, 0.1) is 18.4 Å². The van der Waals surface area contributed by atoms with E-state index in [9.17, 15) is 9.59 Å². The third-order valence-corrected chi connectivity index (χ3v) is 5.44. The molecule has 0 saturated carbocycles. The van der Waals surface area contributed by atoms with Crippen LogP contribution in [0.2, 0.25) is 0 Å². The molecular weight excluding hydrogens is 442 g/mol. The predicted molar refractivity (Wildman–Crippen MR) is 139 cm³/mol. The summed E-state index contributed by atoms with van der Waals surface area (Å²) in [6, 6.07) is 23.6. The van der Waals surface area contributed by atoms with Crippen LogP contribution in [0.1, 0.15) is 11.3 Å². The van der Waals surface area contributed by atoms with Crippen LogP contribution < -0.4 is 26.0 Å². The van der Waals surface area contributed by atoms with Gasteiger partial charge in [0.1, 0.15) is 5.75 Å². The maximum atomic E-state index is 12.5. The second-order valence-electron chi connectivity index (χ2n) is 7.92. The molecule has 3 amide bonds. The molecule has 1 aliphatic rings. The first-order valence-electron chi connectivity index (χ1n) is 11.0. The van der Waals surface area contributed by atoms with E-state index in [0.29, 0.717) is 28.4 Å². The zero-order valence-electron chi connectivity index (χ0n) is 18.9. The number of para-hydroxylation sites is 1. The van der Waals surface area contributed by atoms with Crippen LogP contribution in [0.3, 0.4) is 0 Å². The number of nitrogens with one attached hydrogen (secondary N) is 5. The Labute approximate surface area is 202 Å². The number of hydrogen-bond donors (Lipinski definition) is 5. The maximum Gasteiger partial charge on any atom is 0.323 e. The number of methoxy groups -OCH3 is 1. The van der Waals surface area contributed by atoms with E-state index in [1.807, 2.05) is 79.0 Å². The van der Waals surface area contributed by atoms with Gasteiger partial charge in [0, 0.05) is 52.3 Å². The van der Waals surface area contributed by atoms with Gasteiger partial charge in [-0.15, -0.1) is 0 Å². The van der Waals surface area contributed by atoms with Crippen molar-refractivity contribution in [1.82, 2.24) is 4.98 Å². The first-order valence-corrected chi connectivity index (χ1v) is 11.0. The molecule has 174 valence electrons. The Morgan fingerprint density at radius 1 is 0.857 bits per heavy atom. The summed E-state index contributed by atoms with van der Waals surface area (Å²) in [5, 5.41) is 11.9. The van der Waals surface area contributed by atoms with Crippen molar-refractivity contribution in [1.29, 1.82) is 0 Å². The molecule has 0 unspecified atom stereocenters. The molecule has 0 saturated heterocycles. The van der Waals surface area contributed by atoms with E-state index >= 15 is 0 Å². The highest BCUT2D eigenvalue weighted by atomic mass is 16.5. The summed E-state index contributed by atoms with van der Waals surface area (Å²) in [5.74, 6) is 0.430. The number of benzene rings is 3. The highest BCUT2D eigenvalue weighted by molar-refractivity contribution is 6.35. The Balaban J connectivity index is 1.34. The fourth-order valence-electron chi connectivity index (χ4n) is 3.85. The van der Waals surface area contributed by atoms with E-state index in [-0.39, 0.29) is 11.9 Å². The first-order chi connectivity index (χ1) is 17.1. The molecule has 0 spiro atoms. The monoisotopic (exact) mass is 465 g/mol. The van der Waals surface area contributed by atoms with Crippen molar-refractivity contribution in [2.75, 3.05) is 28.4 Å². The summed E-state index contributed by atoms with van der Waals surface area (Å²) < 4.78 is 5.41. The van der Waals surface area contributed by atoms with Crippen LogP contribution in [0.5, 0.6) is 5.75 Å². The lowest BCUT2D eigenvalue weighted by atomic mass is 10.1. The van der Waals surface area contributed by atoms with Crippen LogP contribution in [0.4, 0.5) is 33.2 Å². The second kappa shape index (κ2) is 9.48. The van der Waals surface area contributed by atoms with Crippen molar-refractivity contribution < 1.29 is 14.3 Å². The number of hydrogen-bond acceptors (Lipinski definition) is 4. The maximum absolute atomic E-state index is 12.5. The van der Waals surface area contributed by atoms with Gasteiger partial charge in [-0.05, 0) is 48.5 Å². The number of ether oxygens (including phenoxy) is 1. The van der Waals surface area contributed by atoms with E-state index in [0.717, 1.165) is 22.6 Å². The van der Waals surface area contributed by atoms with Crippen molar-refractivity contribution in [3.05, 3.63) is 96.3 Å². The first kappa shape index (κ1) is 21.8. The number of urea groups is 1. The minimum atomic E-state index is -0.364. The minimum absolute atomic E-state index is 0.149. The molecule has 0 bridgehead atoms. The summed E-state index contributed by atoms with van der Waals surface area (Å²) in [4.78, 5) is 28.0. The normalized spacial score (nSPS) is 13.2. The van der Waals surface area contributed by atoms with Crippen LogP contribution in [-0.2, 0) is 4.79 Å². The number of aromatic nitrogens is 1. The SMILES string of the molecule is COc1cc(NC(=O)Nc2ccccc2)cc(Nc2ccc3c(c2)NC(=O)/C3=C\c2ccc[nH]2)c1. The van der Waals surface area contributed by atoms with Crippen molar-refractivity contribution >= 4 is 52.0 Å². The van der Waals surface area contributed by atoms with Crippen LogP contribution in [0.25, 0.3) is 11.6 Å². The third-order valence-electron chi connectivity index (χ3n) is 5.44. The third kappa shape index (κ3) is 5.01. The number of rotatable bonds is 6. The molecule has 2 heterocycles. The molecule has 8 heteroatoms. The zero-order chi connectivity index (χ0) is 24.2.